The monoisotopic (exact) mass is 240 g/mol. The zero-order valence-electron chi connectivity index (χ0n) is 11.4. The quantitative estimate of drug-likeness (QED) is 0.784. The predicted octanol–water partition coefficient (Wildman–Crippen LogP) is 1.47. The first kappa shape index (κ1) is 13.3. The molecule has 2 fully saturated rings. The fourth-order valence-corrected chi connectivity index (χ4v) is 3.58. The Labute approximate surface area is 106 Å². The third kappa shape index (κ3) is 3.21. The van der Waals surface area contributed by atoms with Crippen LogP contribution in [0.2, 0.25) is 0 Å². The van der Waals surface area contributed by atoms with Crippen molar-refractivity contribution in [2.75, 3.05) is 32.8 Å². The molecular formula is C14H28N2O. The Morgan fingerprint density at radius 2 is 1.94 bits per heavy atom. The standard InChI is InChI=1S/C14H28N2O/c1-3-16-8-5-12(6-9-16)13-4-7-15-14(2,10-13)11-17/h12-13,15,17H,3-11H2,1-2H3. The van der Waals surface area contributed by atoms with Gasteiger partial charge in [-0.3, -0.25) is 0 Å². The van der Waals surface area contributed by atoms with Crippen LogP contribution in [-0.4, -0.2) is 48.3 Å². The SMILES string of the molecule is CCN1CCC(C2CCNC(C)(CO)C2)CC1. The first-order valence-electron chi connectivity index (χ1n) is 7.25. The van der Waals surface area contributed by atoms with Gasteiger partial charge in [0.25, 0.3) is 0 Å². The van der Waals surface area contributed by atoms with Gasteiger partial charge in [0.1, 0.15) is 0 Å². The van der Waals surface area contributed by atoms with E-state index in [1.54, 1.807) is 0 Å². The minimum Gasteiger partial charge on any atom is -0.394 e. The molecule has 0 radical (unpaired) electrons. The summed E-state index contributed by atoms with van der Waals surface area (Å²) in [6.07, 6.45) is 5.17. The highest BCUT2D eigenvalue weighted by Gasteiger charge is 2.35. The average Bonchev–Trinajstić information content (AvgIpc) is 2.39. The summed E-state index contributed by atoms with van der Waals surface area (Å²) in [5.74, 6) is 1.72. The van der Waals surface area contributed by atoms with E-state index in [0.717, 1.165) is 24.8 Å². The molecule has 2 aliphatic heterocycles. The van der Waals surface area contributed by atoms with Gasteiger partial charge in [0.15, 0.2) is 0 Å². The van der Waals surface area contributed by atoms with Gasteiger partial charge in [-0.05, 0) is 70.6 Å². The summed E-state index contributed by atoms with van der Waals surface area (Å²) >= 11 is 0. The number of nitrogens with one attached hydrogen (secondary N) is 1. The van der Waals surface area contributed by atoms with Crippen LogP contribution >= 0.6 is 0 Å². The second kappa shape index (κ2) is 5.68. The van der Waals surface area contributed by atoms with E-state index >= 15 is 0 Å². The zero-order valence-corrected chi connectivity index (χ0v) is 11.4. The molecule has 3 heteroatoms. The molecule has 2 aliphatic rings. The Bertz CT molecular complexity index is 238. The number of aliphatic hydroxyl groups excluding tert-OH is 1. The van der Waals surface area contributed by atoms with Gasteiger partial charge >= 0.3 is 0 Å². The highest BCUT2D eigenvalue weighted by Crippen LogP contribution is 2.35. The smallest absolute Gasteiger partial charge is 0.0610 e. The molecule has 2 rings (SSSR count). The number of hydrogen-bond donors (Lipinski definition) is 2. The molecule has 2 atom stereocenters. The summed E-state index contributed by atoms with van der Waals surface area (Å²) in [5, 5.41) is 12.9. The van der Waals surface area contributed by atoms with Crippen LogP contribution in [-0.2, 0) is 0 Å². The van der Waals surface area contributed by atoms with E-state index in [1.807, 2.05) is 0 Å². The average molecular weight is 240 g/mol. The first-order valence-corrected chi connectivity index (χ1v) is 7.25. The van der Waals surface area contributed by atoms with Gasteiger partial charge in [-0.25, -0.2) is 0 Å². The van der Waals surface area contributed by atoms with E-state index in [0.29, 0.717) is 0 Å². The highest BCUT2D eigenvalue weighted by atomic mass is 16.3. The molecule has 3 nitrogen and oxygen atoms in total. The van der Waals surface area contributed by atoms with Crippen molar-refractivity contribution < 1.29 is 5.11 Å². The zero-order chi connectivity index (χ0) is 12.3. The van der Waals surface area contributed by atoms with Gasteiger partial charge in [-0.2, -0.15) is 0 Å². The number of likely N-dealkylation sites (tertiary alicyclic amines) is 1. The van der Waals surface area contributed by atoms with E-state index in [-0.39, 0.29) is 12.1 Å². The molecule has 0 amide bonds. The molecule has 100 valence electrons. The van der Waals surface area contributed by atoms with Crippen LogP contribution in [0.3, 0.4) is 0 Å². The van der Waals surface area contributed by atoms with Crippen LogP contribution in [0.15, 0.2) is 0 Å². The lowest BCUT2D eigenvalue weighted by molar-refractivity contribution is 0.0710. The van der Waals surface area contributed by atoms with E-state index in [2.05, 4.69) is 24.1 Å². The molecule has 2 saturated heterocycles. The number of aliphatic hydroxyl groups is 1. The Hall–Kier alpha value is -0.120. The molecule has 0 bridgehead atoms. The van der Waals surface area contributed by atoms with Gasteiger partial charge in [-0.15, -0.1) is 0 Å². The van der Waals surface area contributed by atoms with Crippen molar-refractivity contribution in [1.29, 1.82) is 0 Å². The van der Waals surface area contributed by atoms with Crippen LogP contribution in [0.25, 0.3) is 0 Å². The normalized spacial score (nSPS) is 37.2. The van der Waals surface area contributed by atoms with Crippen LogP contribution < -0.4 is 5.32 Å². The minimum atomic E-state index is -0.0230. The Morgan fingerprint density at radius 1 is 1.24 bits per heavy atom. The number of piperidine rings is 2. The molecule has 2 unspecified atom stereocenters. The molecule has 0 aromatic rings. The van der Waals surface area contributed by atoms with Crippen molar-refractivity contribution in [2.24, 2.45) is 11.8 Å². The van der Waals surface area contributed by atoms with Crippen molar-refractivity contribution in [2.45, 2.75) is 45.1 Å². The lowest BCUT2D eigenvalue weighted by Crippen LogP contribution is -2.53. The summed E-state index contributed by atoms with van der Waals surface area (Å²) < 4.78 is 0. The Morgan fingerprint density at radius 3 is 2.53 bits per heavy atom. The largest absolute Gasteiger partial charge is 0.394 e. The number of nitrogens with zero attached hydrogens (tertiary/aromatic N) is 1. The van der Waals surface area contributed by atoms with E-state index in [4.69, 9.17) is 0 Å². The molecule has 0 spiro atoms. The van der Waals surface area contributed by atoms with Crippen molar-refractivity contribution in [1.82, 2.24) is 10.2 Å². The van der Waals surface area contributed by atoms with Gasteiger partial charge in [0.05, 0.1) is 6.61 Å². The van der Waals surface area contributed by atoms with E-state index in [9.17, 15) is 5.11 Å². The second-order valence-electron chi connectivity index (χ2n) is 6.17. The summed E-state index contributed by atoms with van der Waals surface area (Å²) in [6.45, 7) is 9.54. The Balaban J connectivity index is 1.86. The molecule has 0 aromatic heterocycles. The third-order valence-corrected chi connectivity index (χ3v) is 4.87. The third-order valence-electron chi connectivity index (χ3n) is 4.87. The topological polar surface area (TPSA) is 35.5 Å². The first-order chi connectivity index (χ1) is 8.17. The summed E-state index contributed by atoms with van der Waals surface area (Å²) in [6, 6.07) is 0. The van der Waals surface area contributed by atoms with Crippen molar-refractivity contribution in [3.63, 3.8) is 0 Å². The van der Waals surface area contributed by atoms with Gasteiger partial charge in [0, 0.05) is 5.54 Å². The lowest BCUT2D eigenvalue weighted by Gasteiger charge is -2.43. The van der Waals surface area contributed by atoms with Crippen molar-refractivity contribution in [3.05, 3.63) is 0 Å². The maximum atomic E-state index is 9.48. The van der Waals surface area contributed by atoms with Crippen LogP contribution in [0, 0.1) is 11.8 Å². The molecule has 2 heterocycles. The molecule has 2 N–H and O–H groups in total. The fraction of sp³-hybridized carbons (Fsp3) is 1.00. The maximum absolute atomic E-state index is 9.48. The predicted molar refractivity (Wildman–Crippen MR) is 71.1 cm³/mol. The maximum Gasteiger partial charge on any atom is 0.0610 e. The van der Waals surface area contributed by atoms with E-state index in [1.165, 1.54) is 38.9 Å². The number of hydrogen-bond acceptors (Lipinski definition) is 3. The highest BCUT2D eigenvalue weighted by molar-refractivity contribution is 4.92. The van der Waals surface area contributed by atoms with Crippen LogP contribution in [0.1, 0.15) is 39.5 Å². The van der Waals surface area contributed by atoms with Gasteiger partial charge in [0.2, 0.25) is 0 Å². The Kier molecular flexibility index (Phi) is 4.45. The van der Waals surface area contributed by atoms with Crippen molar-refractivity contribution in [3.8, 4) is 0 Å². The minimum absolute atomic E-state index is 0.0230. The van der Waals surface area contributed by atoms with Crippen LogP contribution in [0.5, 0.6) is 0 Å². The fourth-order valence-electron chi connectivity index (χ4n) is 3.58. The molecule has 0 aliphatic carbocycles. The number of rotatable bonds is 3. The molecule has 17 heavy (non-hydrogen) atoms. The summed E-state index contributed by atoms with van der Waals surface area (Å²) in [5.41, 5.74) is -0.0230. The van der Waals surface area contributed by atoms with E-state index < -0.39 is 0 Å². The second-order valence-corrected chi connectivity index (χ2v) is 6.17. The molecular weight excluding hydrogens is 212 g/mol. The summed E-state index contributed by atoms with van der Waals surface area (Å²) in [4.78, 5) is 2.56. The van der Waals surface area contributed by atoms with Gasteiger partial charge in [-0.1, -0.05) is 6.92 Å². The molecule has 0 saturated carbocycles. The summed E-state index contributed by atoms with van der Waals surface area (Å²) in [7, 11) is 0. The lowest BCUT2D eigenvalue weighted by atomic mass is 9.73. The van der Waals surface area contributed by atoms with Crippen molar-refractivity contribution >= 4 is 0 Å². The van der Waals surface area contributed by atoms with Crippen LogP contribution in [0.4, 0.5) is 0 Å². The molecule has 0 aromatic carbocycles. The van der Waals surface area contributed by atoms with Gasteiger partial charge < -0.3 is 15.3 Å².